The van der Waals surface area contributed by atoms with Crippen LogP contribution in [0.2, 0.25) is 0 Å². The van der Waals surface area contributed by atoms with Crippen molar-refractivity contribution in [3.8, 4) is 0 Å². The van der Waals surface area contributed by atoms with Gasteiger partial charge in [0.2, 0.25) is 0 Å². The molecule has 0 amide bonds. The maximum Gasteiger partial charge on any atom is 0.0625 e. The molecule has 0 saturated carbocycles. The van der Waals surface area contributed by atoms with Crippen molar-refractivity contribution in [2.45, 2.75) is 38.1 Å². The first-order chi connectivity index (χ1) is 7.63. The Morgan fingerprint density at radius 3 is 2.75 bits per heavy atom. The van der Waals surface area contributed by atoms with E-state index in [0.29, 0.717) is 12.0 Å². The average Bonchev–Trinajstić information content (AvgIpc) is 2.64. The summed E-state index contributed by atoms with van der Waals surface area (Å²) in [6.07, 6.45) is 5.20. The third-order valence-electron chi connectivity index (χ3n) is 2.57. The Labute approximate surface area is 103 Å². The van der Waals surface area contributed by atoms with Crippen LogP contribution in [0.3, 0.4) is 0 Å². The van der Waals surface area contributed by atoms with E-state index in [1.54, 1.807) is 0 Å². The minimum Gasteiger partial charge on any atom is -0.313 e. The van der Waals surface area contributed by atoms with Gasteiger partial charge in [-0.2, -0.15) is 5.10 Å². The Hall–Kier alpha value is -0.480. The summed E-state index contributed by atoms with van der Waals surface area (Å²) < 4.78 is 1.85. The molecule has 1 aromatic heterocycles. The van der Waals surface area contributed by atoms with Crippen molar-refractivity contribution >= 4 is 11.8 Å². The normalized spacial score (nSPS) is 13.3. The minimum absolute atomic E-state index is 0.588. The van der Waals surface area contributed by atoms with Gasteiger partial charge in [-0.15, -0.1) is 11.8 Å². The number of thioether (sulfide) groups is 1. The predicted molar refractivity (Wildman–Crippen MR) is 70.9 cm³/mol. The largest absolute Gasteiger partial charge is 0.313 e. The van der Waals surface area contributed by atoms with Crippen molar-refractivity contribution in [1.29, 1.82) is 0 Å². The molecule has 4 heteroatoms. The van der Waals surface area contributed by atoms with Crippen molar-refractivity contribution < 1.29 is 0 Å². The van der Waals surface area contributed by atoms with Crippen LogP contribution in [0.4, 0.5) is 0 Å². The van der Waals surface area contributed by atoms with Crippen molar-refractivity contribution in [2.24, 2.45) is 13.0 Å². The fourth-order valence-corrected chi connectivity index (χ4v) is 2.70. The number of rotatable bonds is 7. The summed E-state index contributed by atoms with van der Waals surface area (Å²) in [5.74, 6) is 1.79. The van der Waals surface area contributed by atoms with Crippen LogP contribution in [-0.4, -0.2) is 28.1 Å². The lowest BCUT2D eigenvalue weighted by Gasteiger charge is -2.21. The highest BCUT2D eigenvalue weighted by molar-refractivity contribution is 7.99. The number of hydrogen-bond acceptors (Lipinski definition) is 3. The van der Waals surface area contributed by atoms with Crippen molar-refractivity contribution in [2.75, 3.05) is 12.3 Å². The fourth-order valence-electron chi connectivity index (χ4n) is 1.48. The predicted octanol–water partition coefficient (Wildman–Crippen LogP) is 2.54. The van der Waals surface area contributed by atoms with Gasteiger partial charge in [-0.25, -0.2) is 0 Å². The standard InChI is InChI=1S/C12H23N3S/c1-5-6-13-12(10(2)3)9-16-11-7-14-15(4)8-11/h7-8,10,12-13H,5-6,9H2,1-4H3. The highest BCUT2D eigenvalue weighted by atomic mass is 32.2. The summed E-state index contributed by atoms with van der Waals surface area (Å²) in [5.41, 5.74) is 0. The molecule has 0 fully saturated rings. The van der Waals surface area contributed by atoms with Crippen molar-refractivity contribution in [3.63, 3.8) is 0 Å². The zero-order valence-electron chi connectivity index (χ0n) is 10.7. The summed E-state index contributed by atoms with van der Waals surface area (Å²) in [7, 11) is 1.96. The van der Waals surface area contributed by atoms with Crippen LogP contribution in [0.15, 0.2) is 17.3 Å². The molecule has 0 radical (unpaired) electrons. The molecule has 1 heterocycles. The maximum absolute atomic E-state index is 4.18. The second-order valence-corrected chi connectivity index (χ2v) is 5.56. The SMILES string of the molecule is CCCNC(CSc1cnn(C)c1)C(C)C. The number of aryl methyl sites for hydroxylation is 1. The zero-order chi connectivity index (χ0) is 12.0. The first-order valence-corrected chi connectivity index (χ1v) is 6.96. The van der Waals surface area contributed by atoms with Crippen molar-refractivity contribution in [3.05, 3.63) is 12.4 Å². The molecule has 1 unspecified atom stereocenters. The third-order valence-corrected chi connectivity index (χ3v) is 3.64. The van der Waals surface area contributed by atoms with E-state index in [-0.39, 0.29) is 0 Å². The molecule has 0 aliphatic rings. The Balaban J connectivity index is 2.37. The first kappa shape index (κ1) is 13.6. The van der Waals surface area contributed by atoms with Crippen LogP contribution in [0, 0.1) is 5.92 Å². The maximum atomic E-state index is 4.18. The summed E-state index contributed by atoms with van der Waals surface area (Å²) in [4.78, 5) is 1.26. The Bertz CT molecular complexity index is 296. The monoisotopic (exact) mass is 241 g/mol. The second-order valence-electron chi connectivity index (χ2n) is 4.47. The summed E-state index contributed by atoms with van der Waals surface area (Å²) in [5, 5.41) is 7.77. The Morgan fingerprint density at radius 1 is 1.50 bits per heavy atom. The quantitative estimate of drug-likeness (QED) is 0.744. The molecule has 0 spiro atoms. The first-order valence-electron chi connectivity index (χ1n) is 5.98. The van der Waals surface area contributed by atoms with E-state index in [0.717, 1.165) is 12.3 Å². The van der Waals surface area contributed by atoms with Crippen LogP contribution in [0.25, 0.3) is 0 Å². The zero-order valence-corrected chi connectivity index (χ0v) is 11.5. The van der Waals surface area contributed by atoms with Gasteiger partial charge in [-0.05, 0) is 18.9 Å². The highest BCUT2D eigenvalue weighted by Gasteiger charge is 2.12. The lowest BCUT2D eigenvalue weighted by molar-refractivity contribution is 0.434. The van der Waals surface area contributed by atoms with E-state index >= 15 is 0 Å². The molecule has 16 heavy (non-hydrogen) atoms. The number of hydrogen-bond donors (Lipinski definition) is 1. The molecule has 3 nitrogen and oxygen atoms in total. The van der Waals surface area contributed by atoms with Gasteiger partial charge in [-0.3, -0.25) is 4.68 Å². The van der Waals surface area contributed by atoms with Gasteiger partial charge < -0.3 is 5.32 Å². The van der Waals surface area contributed by atoms with Crippen LogP contribution in [-0.2, 0) is 7.05 Å². The molecular weight excluding hydrogens is 218 g/mol. The number of nitrogens with one attached hydrogen (secondary N) is 1. The number of nitrogens with zero attached hydrogens (tertiary/aromatic N) is 2. The van der Waals surface area contributed by atoms with Gasteiger partial charge in [0.25, 0.3) is 0 Å². The van der Waals surface area contributed by atoms with Crippen LogP contribution in [0.1, 0.15) is 27.2 Å². The van der Waals surface area contributed by atoms with Gasteiger partial charge in [0, 0.05) is 29.9 Å². The second kappa shape index (κ2) is 6.97. The van der Waals surface area contributed by atoms with Gasteiger partial charge in [0.15, 0.2) is 0 Å². The fraction of sp³-hybridized carbons (Fsp3) is 0.750. The molecule has 1 atom stereocenters. The molecule has 0 aliphatic carbocycles. The Kier molecular flexibility index (Phi) is 5.91. The van der Waals surface area contributed by atoms with Crippen molar-refractivity contribution in [1.82, 2.24) is 15.1 Å². The van der Waals surface area contributed by atoms with E-state index in [1.165, 1.54) is 11.3 Å². The summed E-state index contributed by atoms with van der Waals surface area (Å²) in [6.45, 7) is 7.86. The van der Waals surface area contributed by atoms with E-state index in [4.69, 9.17) is 0 Å². The van der Waals surface area contributed by atoms with Crippen LogP contribution < -0.4 is 5.32 Å². The molecule has 1 N–H and O–H groups in total. The lowest BCUT2D eigenvalue weighted by atomic mass is 10.1. The molecule has 0 bridgehead atoms. The summed E-state index contributed by atoms with van der Waals surface area (Å²) in [6, 6.07) is 0.588. The van der Waals surface area contributed by atoms with Gasteiger partial charge >= 0.3 is 0 Å². The Morgan fingerprint density at radius 2 is 2.25 bits per heavy atom. The van der Waals surface area contributed by atoms with Gasteiger partial charge in [-0.1, -0.05) is 20.8 Å². The van der Waals surface area contributed by atoms with Crippen LogP contribution >= 0.6 is 11.8 Å². The molecule has 92 valence electrons. The van der Waals surface area contributed by atoms with E-state index in [1.807, 2.05) is 29.7 Å². The molecule has 0 saturated heterocycles. The minimum atomic E-state index is 0.588. The molecule has 0 aliphatic heterocycles. The smallest absolute Gasteiger partial charge is 0.0625 e. The van der Waals surface area contributed by atoms with Crippen LogP contribution in [0.5, 0.6) is 0 Å². The number of aromatic nitrogens is 2. The van der Waals surface area contributed by atoms with E-state index in [9.17, 15) is 0 Å². The molecule has 0 aromatic carbocycles. The van der Waals surface area contributed by atoms with E-state index in [2.05, 4.69) is 37.4 Å². The van der Waals surface area contributed by atoms with Gasteiger partial charge in [0.1, 0.15) is 0 Å². The lowest BCUT2D eigenvalue weighted by Crippen LogP contribution is -2.36. The molecular formula is C12H23N3S. The van der Waals surface area contributed by atoms with Gasteiger partial charge in [0.05, 0.1) is 6.20 Å². The highest BCUT2D eigenvalue weighted by Crippen LogP contribution is 2.19. The van der Waals surface area contributed by atoms with E-state index < -0.39 is 0 Å². The topological polar surface area (TPSA) is 29.9 Å². The third kappa shape index (κ3) is 4.58. The molecule has 1 aromatic rings. The summed E-state index contributed by atoms with van der Waals surface area (Å²) >= 11 is 1.88. The average molecular weight is 241 g/mol. The molecule has 1 rings (SSSR count).